The van der Waals surface area contributed by atoms with Crippen molar-refractivity contribution in [3.63, 3.8) is 0 Å². The summed E-state index contributed by atoms with van der Waals surface area (Å²) in [5, 5.41) is 3.28. The third kappa shape index (κ3) is 7.30. The van der Waals surface area contributed by atoms with Gasteiger partial charge >= 0.3 is 6.61 Å². The number of hydrogen-bond donors (Lipinski definition) is 1. The molecule has 172 valence electrons. The zero-order chi connectivity index (χ0) is 22.1. The first kappa shape index (κ1) is 26.5. The van der Waals surface area contributed by atoms with Crippen molar-refractivity contribution < 1.29 is 27.7 Å². The molecule has 0 unspecified atom stereocenters. The molecule has 2 aromatic carbocycles. The minimum absolute atomic E-state index is 0. The molecule has 1 N–H and O–H groups in total. The lowest BCUT2D eigenvalue weighted by atomic mass is 10.1. The van der Waals surface area contributed by atoms with Gasteiger partial charge in [-0.15, -0.1) is 24.0 Å². The van der Waals surface area contributed by atoms with Gasteiger partial charge in [0.25, 0.3) is 0 Å². The Hall–Kier alpha value is -2.50. The number of halogens is 3. The number of aliphatic imine (C=N–C) groups is 1. The van der Waals surface area contributed by atoms with Gasteiger partial charge in [-0.1, -0.05) is 12.1 Å². The van der Waals surface area contributed by atoms with Crippen molar-refractivity contribution in [1.82, 2.24) is 10.2 Å². The first-order valence-corrected chi connectivity index (χ1v) is 9.16. The highest BCUT2D eigenvalue weighted by Gasteiger charge is 2.16. The van der Waals surface area contributed by atoms with Gasteiger partial charge in [-0.2, -0.15) is 8.78 Å². The maximum absolute atomic E-state index is 12.3. The van der Waals surface area contributed by atoms with Gasteiger partial charge in [-0.05, 0) is 29.8 Å². The van der Waals surface area contributed by atoms with E-state index in [0.29, 0.717) is 36.3 Å². The maximum Gasteiger partial charge on any atom is 0.387 e. The molecule has 0 fully saturated rings. The second-order valence-corrected chi connectivity index (χ2v) is 6.27. The molecule has 0 atom stereocenters. The Balaban J connectivity index is 0.00000480. The number of rotatable bonds is 9. The lowest BCUT2D eigenvalue weighted by Crippen LogP contribution is -2.38. The van der Waals surface area contributed by atoms with Crippen molar-refractivity contribution in [3.05, 3.63) is 47.5 Å². The van der Waals surface area contributed by atoms with E-state index < -0.39 is 6.61 Å². The van der Waals surface area contributed by atoms with Crippen LogP contribution in [0.4, 0.5) is 8.78 Å². The van der Waals surface area contributed by atoms with Crippen LogP contribution >= 0.6 is 24.0 Å². The highest BCUT2D eigenvalue weighted by Crippen LogP contribution is 2.39. The third-order valence-corrected chi connectivity index (χ3v) is 4.36. The van der Waals surface area contributed by atoms with Gasteiger partial charge in [0, 0.05) is 32.7 Å². The molecule has 0 saturated heterocycles. The quantitative estimate of drug-likeness (QED) is 0.287. The van der Waals surface area contributed by atoms with Crippen molar-refractivity contribution in [1.29, 1.82) is 0 Å². The average molecular weight is 551 g/mol. The molecule has 31 heavy (non-hydrogen) atoms. The molecule has 0 amide bonds. The number of hydrogen-bond acceptors (Lipinski definition) is 5. The van der Waals surface area contributed by atoms with E-state index in [1.54, 1.807) is 40.5 Å². The van der Waals surface area contributed by atoms with Gasteiger partial charge < -0.3 is 29.2 Å². The van der Waals surface area contributed by atoms with Gasteiger partial charge in [0.15, 0.2) is 17.5 Å². The first-order chi connectivity index (χ1) is 14.4. The zero-order valence-electron chi connectivity index (χ0n) is 18.1. The van der Waals surface area contributed by atoms with E-state index in [0.717, 1.165) is 11.1 Å². The number of alkyl halides is 2. The lowest BCUT2D eigenvalue weighted by Gasteiger charge is -2.23. The molecule has 0 aliphatic carbocycles. The molecule has 0 bridgehead atoms. The van der Waals surface area contributed by atoms with Crippen LogP contribution in [0.25, 0.3) is 0 Å². The van der Waals surface area contributed by atoms with Crippen molar-refractivity contribution in [2.24, 2.45) is 4.99 Å². The summed E-state index contributed by atoms with van der Waals surface area (Å²) in [4.78, 5) is 6.21. The Kier molecular flexibility index (Phi) is 11.2. The van der Waals surface area contributed by atoms with E-state index in [1.807, 2.05) is 24.1 Å². The number of guanidine groups is 1. The van der Waals surface area contributed by atoms with Crippen LogP contribution in [0, 0.1) is 0 Å². The molecule has 0 heterocycles. The summed E-state index contributed by atoms with van der Waals surface area (Å²) < 4.78 is 45.2. The van der Waals surface area contributed by atoms with Crippen LogP contribution in [-0.2, 0) is 13.1 Å². The predicted molar refractivity (Wildman–Crippen MR) is 126 cm³/mol. The minimum atomic E-state index is -2.84. The second kappa shape index (κ2) is 13.0. The molecule has 0 aromatic heterocycles. The summed E-state index contributed by atoms with van der Waals surface area (Å²) in [6, 6.07) is 10.2. The fraction of sp³-hybridized carbons (Fsp3) is 0.381. The first-order valence-electron chi connectivity index (χ1n) is 9.16. The molecule has 0 aliphatic heterocycles. The molecular weight excluding hydrogens is 523 g/mol. The Labute approximate surface area is 198 Å². The number of benzene rings is 2. The van der Waals surface area contributed by atoms with E-state index in [-0.39, 0.29) is 29.7 Å². The summed E-state index contributed by atoms with van der Waals surface area (Å²) in [6.45, 7) is -1.87. The summed E-state index contributed by atoms with van der Waals surface area (Å²) in [7, 11) is 8.26. The average Bonchev–Trinajstić information content (AvgIpc) is 2.74. The number of ether oxygens (including phenoxy) is 4. The van der Waals surface area contributed by atoms with E-state index >= 15 is 0 Å². The van der Waals surface area contributed by atoms with Gasteiger partial charge in [0.1, 0.15) is 5.75 Å². The molecule has 0 saturated carbocycles. The van der Waals surface area contributed by atoms with Crippen molar-refractivity contribution in [2.45, 2.75) is 19.7 Å². The molecule has 0 spiro atoms. The zero-order valence-corrected chi connectivity index (χ0v) is 20.5. The molecule has 2 rings (SSSR count). The molecule has 2 aromatic rings. The molecular formula is C21H28F2IN3O4. The Morgan fingerprint density at radius 3 is 2.16 bits per heavy atom. The van der Waals surface area contributed by atoms with E-state index in [9.17, 15) is 8.78 Å². The van der Waals surface area contributed by atoms with Crippen molar-refractivity contribution >= 4 is 29.9 Å². The Morgan fingerprint density at radius 2 is 1.65 bits per heavy atom. The second-order valence-electron chi connectivity index (χ2n) is 6.27. The summed E-state index contributed by atoms with van der Waals surface area (Å²) in [5.74, 6) is 2.46. The summed E-state index contributed by atoms with van der Waals surface area (Å²) in [5.41, 5.74) is 1.80. The van der Waals surface area contributed by atoms with E-state index in [2.05, 4.69) is 15.0 Å². The van der Waals surface area contributed by atoms with Crippen LogP contribution < -0.4 is 24.3 Å². The highest BCUT2D eigenvalue weighted by atomic mass is 127. The monoisotopic (exact) mass is 551 g/mol. The maximum atomic E-state index is 12.3. The molecule has 0 aliphatic rings. The fourth-order valence-corrected chi connectivity index (χ4v) is 2.99. The van der Waals surface area contributed by atoms with Crippen LogP contribution in [0.1, 0.15) is 11.1 Å². The summed E-state index contributed by atoms with van der Waals surface area (Å²) in [6.07, 6.45) is 0. The third-order valence-electron chi connectivity index (χ3n) is 4.36. The smallest absolute Gasteiger partial charge is 0.387 e. The van der Waals surface area contributed by atoms with Crippen LogP contribution in [0.3, 0.4) is 0 Å². The van der Waals surface area contributed by atoms with Gasteiger partial charge in [0.2, 0.25) is 5.75 Å². The van der Waals surface area contributed by atoms with Crippen LogP contribution in [0.2, 0.25) is 0 Å². The van der Waals surface area contributed by atoms with Gasteiger partial charge in [-0.25, -0.2) is 0 Å². The minimum Gasteiger partial charge on any atom is -0.493 e. The van der Waals surface area contributed by atoms with Gasteiger partial charge in [-0.3, -0.25) is 4.99 Å². The van der Waals surface area contributed by atoms with Crippen molar-refractivity contribution in [2.75, 3.05) is 35.4 Å². The lowest BCUT2D eigenvalue weighted by molar-refractivity contribution is -0.0498. The number of nitrogens with zero attached hydrogens (tertiary/aromatic N) is 2. The standard InChI is InChI=1S/C21H27F2N3O4.HI/c1-24-21(26(2)13-14-6-9-16(10-7-14)30-20(22)23)25-12-15-8-11-17(27-3)19(29-5)18(15)28-4;/h6-11,20H,12-13H2,1-5H3,(H,24,25);1H. The molecule has 7 nitrogen and oxygen atoms in total. The van der Waals surface area contributed by atoms with E-state index in [4.69, 9.17) is 14.2 Å². The predicted octanol–water partition coefficient (Wildman–Crippen LogP) is 4.14. The Bertz CT molecular complexity index is 851. The number of methoxy groups -OCH3 is 3. The summed E-state index contributed by atoms with van der Waals surface area (Å²) >= 11 is 0. The van der Waals surface area contributed by atoms with Crippen LogP contribution in [0.5, 0.6) is 23.0 Å². The Morgan fingerprint density at radius 1 is 1.00 bits per heavy atom. The fourth-order valence-electron chi connectivity index (χ4n) is 2.99. The molecule has 10 heteroatoms. The normalized spacial score (nSPS) is 10.9. The molecule has 0 radical (unpaired) electrons. The highest BCUT2D eigenvalue weighted by molar-refractivity contribution is 14.0. The number of nitrogens with one attached hydrogen (secondary N) is 1. The topological polar surface area (TPSA) is 64.6 Å². The SMILES string of the molecule is CN=C(NCc1ccc(OC)c(OC)c1OC)N(C)Cc1ccc(OC(F)F)cc1.I. The van der Waals surface area contributed by atoms with Crippen LogP contribution in [-0.4, -0.2) is 52.9 Å². The van der Waals surface area contributed by atoms with Crippen molar-refractivity contribution in [3.8, 4) is 23.0 Å². The van der Waals surface area contributed by atoms with E-state index in [1.165, 1.54) is 12.1 Å². The van der Waals surface area contributed by atoms with Crippen LogP contribution in [0.15, 0.2) is 41.4 Å². The van der Waals surface area contributed by atoms with Gasteiger partial charge in [0.05, 0.1) is 21.3 Å². The largest absolute Gasteiger partial charge is 0.493 e.